The van der Waals surface area contributed by atoms with Crippen LogP contribution in [0.3, 0.4) is 0 Å². The van der Waals surface area contributed by atoms with Gasteiger partial charge >= 0.3 is 0 Å². The third-order valence-corrected chi connectivity index (χ3v) is 4.93. The summed E-state index contributed by atoms with van der Waals surface area (Å²) in [5.41, 5.74) is 2.43. The van der Waals surface area contributed by atoms with E-state index in [1.165, 1.54) is 15.7 Å². The summed E-state index contributed by atoms with van der Waals surface area (Å²) in [6.45, 7) is 0.523. The maximum Gasteiger partial charge on any atom is 0.275 e. The van der Waals surface area contributed by atoms with Crippen LogP contribution in [0.4, 0.5) is 0 Å². The van der Waals surface area contributed by atoms with Crippen molar-refractivity contribution >= 4 is 33.1 Å². The van der Waals surface area contributed by atoms with Gasteiger partial charge in [-0.3, -0.25) is 14.0 Å². The van der Waals surface area contributed by atoms with Crippen molar-refractivity contribution in [1.29, 1.82) is 0 Å². The lowest BCUT2D eigenvalue weighted by Gasteiger charge is -2.08. The number of rotatable bonds is 4. The molecule has 1 N–H and O–H groups in total. The summed E-state index contributed by atoms with van der Waals surface area (Å²) in [5.74, 6) is -0.226. The molecule has 0 aliphatic rings. The second-order valence-electron chi connectivity index (χ2n) is 5.66. The van der Waals surface area contributed by atoms with Crippen molar-refractivity contribution in [3.8, 4) is 0 Å². The molecule has 0 bridgehead atoms. The molecule has 0 fully saturated rings. The summed E-state index contributed by atoms with van der Waals surface area (Å²) in [5, 5.41) is 4.74. The minimum Gasteiger partial charge on any atom is -0.352 e. The van der Waals surface area contributed by atoms with E-state index in [2.05, 4.69) is 10.3 Å². The van der Waals surface area contributed by atoms with Crippen molar-refractivity contribution in [2.45, 2.75) is 6.42 Å². The maximum absolute atomic E-state index is 12.6. The van der Waals surface area contributed by atoms with Crippen LogP contribution in [0, 0.1) is 0 Å². The van der Waals surface area contributed by atoms with Crippen LogP contribution in [-0.4, -0.2) is 21.8 Å². The molecule has 0 saturated carbocycles. The van der Waals surface area contributed by atoms with Crippen molar-refractivity contribution in [2.75, 3.05) is 6.54 Å². The molecule has 1 amide bonds. The first-order valence-corrected chi connectivity index (χ1v) is 8.83. The highest BCUT2D eigenvalue weighted by molar-refractivity contribution is 7.17. The molecule has 6 heteroatoms. The molecule has 3 heterocycles. The van der Waals surface area contributed by atoms with Crippen LogP contribution in [0.2, 0.25) is 0 Å². The summed E-state index contributed by atoms with van der Waals surface area (Å²) in [7, 11) is 0. The standard InChI is InChI=1S/C19H15N3O2S/c23-18(20-10-8-13-5-2-1-3-6-13)14-7-4-11-22-17(14)21-15-9-12-25-16(15)19(22)24/h1-7,9,11-12H,8,10H2,(H,20,23). The Kier molecular flexibility index (Phi) is 4.03. The molecule has 4 rings (SSSR count). The van der Waals surface area contributed by atoms with Crippen molar-refractivity contribution in [3.63, 3.8) is 0 Å². The molecule has 0 atom stereocenters. The second-order valence-corrected chi connectivity index (χ2v) is 6.58. The molecular weight excluding hydrogens is 334 g/mol. The van der Waals surface area contributed by atoms with E-state index < -0.39 is 0 Å². The highest BCUT2D eigenvalue weighted by Crippen LogP contribution is 2.17. The molecule has 0 unspecified atom stereocenters. The zero-order valence-electron chi connectivity index (χ0n) is 13.3. The van der Waals surface area contributed by atoms with Gasteiger partial charge in [0.15, 0.2) is 5.65 Å². The summed E-state index contributed by atoms with van der Waals surface area (Å²) >= 11 is 1.36. The smallest absolute Gasteiger partial charge is 0.275 e. The number of thiophene rings is 1. The van der Waals surface area contributed by atoms with Gasteiger partial charge in [0.25, 0.3) is 11.5 Å². The fraction of sp³-hybridized carbons (Fsp3) is 0.105. The minimum atomic E-state index is -0.226. The van der Waals surface area contributed by atoms with Crippen LogP contribution >= 0.6 is 11.3 Å². The van der Waals surface area contributed by atoms with Crippen LogP contribution in [-0.2, 0) is 6.42 Å². The molecular formula is C19H15N3O2S. The number of pyridine rings is 1. The molecule has 0 aliphatic heterocycles. The van der Waals surface area contributed by atoms with E-state index in [1.54, 1.807) is 24.4 Å². The molecule has 124 valence electrons. The lowest BCUT2D eigenvalue weighted by atomic mass is 10.1. The lowest BCUT2D eigenvalue weighted by molar-refractivity contribution is 0.0955. The van der Waals surface area contributed by atoms with E-state index in [4.69, 9.17) is 0 Å². The van der Waals surface area contributed by atoms with Crippen LogP contribution in [0.5, 0.6) is 0 Å². The Labute approximate surface area is 147 Å². The molecule has 1 aromatic carbocycles. The van der Waals surface area contributed by atoms with Crippen molar-refractivity contribution in [3.05, 3.63) is 81.6 Å². The number of nitrogens with zero attached hydrogens (tertiary/aromatic N) is 2. The van der Waals surface area contributed by atoms with Gasteiger partial charge in [-0.1, -0.05) is 30.3 Å². The van der Waals surface area contributed by atoms with Crippen LogP contribution in [0.25, 0.3) is 15.9 Å². The number of hydrogen-bond donors (Lipinski definition) is 1. The van der Waals surface area contributed by atoms with Gasteiger partial charge in [0, 0.05) is 12.7 Å². The van der Waals surface area contributed by atoms with E-state index in [0.29, 0.717) is 28.0 Å². The highest BCUT2D eigenvalue weighted by atomic mass is 32.1. The van der Waals surface area contributed by atoms with E-state index in [-0.39, 0.29) is 11.5 Å². The Morgan fingerprint density at radius 1 is 1.12 bits per heavy atom. The molecule has 3 aromatic heterocycles. The summed E-state index contributed by atoms with van der Waals surface area (Å²) in [6.07, 6.45) is 2.39. The fourth-order valence-corrected chi connectivity index (χ4v) is 3.56. The van der Waals surface area contributed by atoms with Gasteiger partial charge in [0.05, 0.1) is 11.1 Å². The van der Waals surface area contributed by atoms with E-state index in [0.717, 1.165) is 12.0 Å². The average Bonchev–Trinajstić information content (AvgIpc) is 3.11. The van der Waals surface area contributed by atoms with Gasteiger partial charge in [-0.05, 0) is 35.6 Å². The Balaban J connectivity index is 1.63. The van der Waals surface area contributed by atoms with Gasteiger partial charge in [-0.15, -0.1) is 11.3 Å². The quantitative estimate of drug-likeness (QED) is 0.616. The number of amides is 1. The van der Waals surface area contributed by atoms with Crippen LogP contribution in [0.1, 0.15) is 15.9 Å². The SMILES string of the molecule is O=C(NCCc1ccccc1)c1cccn2c(=O)c3sccc3nc12. The van der Waals surface area contributed by atoms with Gasteiger partial charge in [0.2, 0.25) is 0 Å². The molecule has 4 aromatic rings. The normalized spacial score (nSPS) is 11.0. The third-order valence-electron chi connectivity index (χ3n) is 4.04. The van der Waals surface area contributed by atoms with E-state index in [9.17, 15) is 9.59 Å². The van der Waals surface area contributed by atoms with Crippen LogP contribution in [0.15, 0.2) is 64.9 Å². The molecule has 0 aliphatic carbocycles. The number of hydrogen-bond acceptors (Lipinski definition) is 4. The number of carbonyl (C=O) groups excluding carboxylic acids is 1. The Hall–Kier alpha value is -2.99. The largest absolute Gasteiger partial charge is 0.352 e. The molecule has 5 nitrogen and oxygen atoms in total. The van der Waals surface area contributed by atoms with Gasteiger partial charge in [-0.25, -0.2) is 4.98 Å². The third kappa shape index (κ3) is 2.92. The van der Waals surface area contributed by atoms with E-state index >= 15 is 0 Å². The summed E-state index contributed by atoms with van der Waals surface area (Å²) < 4.78 is 2.03. The Morgan fingerprint density at radius 3 is 2.80 bits per heavy atom. The average molecular weight is 349 g/mol. The first-order chi connectivity index (χ1) is 12.2. The zero-order chi connectivity index (χ0) is 17.2. The fourth-order valence-electron chi connectivity index (χ4n) is 2.79. The van der Waals surface area contributed by atoms with Gasteiger partial charge in [-0.2, -0.15) is 0 Å². The number of nitrogens with one attached hydrogen (secondary N) is 1. The first kappa shape index (κ1) is 15.5. The predicted molar refractivity (Wildman–Crippen MR) is 99.3 cm³/mol. The van der Waals surface area contributed by atoms with Crippen molar-refractivity contribution in [1.82, 2.24) is 14.7 Å². The van der Waals surface area contributed by atoms with E-state index in [1.807, 2.05) is 35.7 Å². The summed E-state index contributed by atoms with van der Waals surface area (Å²) in [4.78, 5) is 29.6. The molecule has 0 saturated heterocycles. The predicted octanol–water partition coefficient (Wildman–Crippen LogP) is 2.88. The number of fused-ring (bicyclic) bond motifs is 2. The second kappa shape index (κ2) is 6.49. The monoisotopic (exact) mass is 349 g/mol. The zero-order valence-corrected chi connectivity index (χ0v) is 14.1. The Morgan fingerprint density at radius 2 is 1.96 bits per heavy atom. The number of carbonyl (C=O) groups is 1. The molecule has 0 radical (unpaired) electrons. The van der Waals surface area contributed by atoms with Crippen molar-refractivity contribution in [2.24, 2.45) is 0 Å². The lowest BCUT2D eigenvalue weighted by Crippen LogP contribution is -2.27. The molecule has 0 spiro atoms. The number of aromatic nitrogens is 2. The summed E-state index contributed by atoms with van der Waals surface area (Å²) in [6, 6.07) is 15.2. The van der Waals surface area contributed by atoms with Gasteiger partial charge < -0.3 is 5.32 Å². The topological polar surface area (TPSA) is 63.5 Å². The van der Waals surface area contributed by atoms with Crippen LogP contribution < -0.4 is 10.9 Å². The highest BCUT2D eigenvalue weighted by Gasteiger charge is 2.14. The Bertz CT molecular complexity index is 1120. The maximum atomic E-state index is 12.6. The number of benzene rings is 1. The molecule has 25 heavy (non-hydrogen) atoms. The van der Waals surface area contributed by atoms with Crippen molar-refractivity contribution < 1.29 is 4.79 Å². The first-order valence-electron chi connectivity index (χ1n) is 7.95. The van der Waals surface area contributed by atoms with Gasteiger partial charge in [0.1, 0.15) is 4.70 Å². The minimum absolute atomic E-state index is 0.145.